The predicted octanol–water partition coefficient (Wildman–Crippen LogP) is 5.24. The number of nitrogens with two attached hydrogens (primary N) is 1. The average molecular weight is 396 g/mol. The van der Waals surface area contributed by atoms with Crippen LogP contribution in [0.5, 0.6) is 0 Å². The number of carbonyl (C=O) groups excluding carboxylic acids is 1. The SMILES string of the molecule is CCCC(CCN)CCC(=O)Nc1ccc(Br)c(Cl)c1Cl. The molecule has 1 amide bonds. The molecule has 0 radical (unpaired) electrons. The number of benzene rings is 1. The molecule has 0 aromatic heterocycles. The van der Waals surface area contributed by atoms with Crippen LogP contribution in [0.2, 0.25) is 10.0 Å². The predicted molar refractivity (Wildman–Crippen MR) is 94.1 cm³/mol. The van der Waals surface area contributed by atoms with Crippen molar-refractivity contribution in [1.82, 2.24) is 0 Å². The van der Waals surface area contributed by atoms with E-state index >= 15 is 0 Å². The first-order valence-corrected chi connectivity index (χ1v) is 8.67. The normalized spacial score (nSPS) is 12.2. The van der Waals surface area contributed by atoms with Crippen LogP contribution in [-0.4, -0.2) is 12.5 Å². The van der Waals surface area contributed by atoms with Gasteiger partial charge in [0.1, 0.15) is 0 Å². The summed E-state index contributed by atoms with van der Waals surface area (Å²) >= 11 is 15.4. The summed E-state index contributed by atoms with van der Waals surface area (Å²) in [5.41, 5.74) is 6.15. The van der Waals surface area contributed by atoms with Gasteiger partial charge in [0.2, 0.25) is 5.91 Å². The van der Waals surface area contributed by atoms with Gasteiger partial charge in [0.15, 0.2) is 0 Å². The highest BCUT2D eigenvalue weighted by Gasteiger charge is 2.13. The lowest BCUT2D eigenvalue weighted by Gasteiger charge is -2.15. The fraction of sp³-hybridized carbons (Fsp3) is 0.533. The molecule has 3 N–H and O–H groups in total. The van der Waals surface area contributed by atoms with E-state index in [9.17, 15) is 4.79 Å². The molecule has 0 spiro atoms. The van der Waals surface area contributed by atoms with Gasteiger partial charge in [-0.25, -0.2) is 0 Å². The summed E-state index contributed by atoms with van der Waals surface area (Å²) in [6.45, 7) is 2.81. The summed E-state index contributed by atoms with van der Waals surface area (Å²) in [5, 5.41) is 3.57. The molecule has 1 unspecified atom stereocenters. The fourth-order valence-corrected chi connectivity index (χ4v) is 3.07. The molecule has 3 nitrogen and oxygen atoms in total. The molecule has 0 aliphatic carbocycles. The van der Waals surface area contributed by atoms with E-state index in [4.69, 9.17) is 28.9 Å². The zero-order valence-corrected chi connectivity index (χ0v) is 15.2. The molecule has 0 fully saturated rings. The van der Waals surface area contributed by atoms with Crippen molar-refractivity contribution >= 4 is 50.7 Å². The van der Waals surface area contributed by atoms with E-state index in [0.717, 1.165) is 25.7 Å². The highest BCUT2D eigenvalue weighted by molar-refractivity contribution is 9.10. The molecule has 21 heavy (non-hydrogen) atoms. The van der Waals surface area contributed by atoms with Crippen LogP contribution >= 0.6 is 39.1 Å². The molecule has 0 saturated heterocycles. The van der Waals surface area contributed by atoms with E-state index < -0.39 is 0 Å². The minimum absolute atomic E-state index is 0.0478. The standard InChI is InChI=1S/C15H21BrCl2N2O/c1-2-3-10(8-9-19)4-7-13(21)20-12-6-5-11(16)14(17)15(12)18/h5-6,10H,2-4,7-9,19H2,1H3,(H,20,21). The number of amides is 1. The summed E-state index contributed by atoms with van der Waals surface area (Å²) in [5.74, 6) is 0.461. The van der Waals surface area contributed by atoms with Crippen LogP contribution in [-0.2, 0) is 4.79 Å². The van der Waals surface area contributed by atoms with Gasteiger partial charge in [-0.05, 0) is 53.4 Å². The molecular weight excluding hydrogens is 375 g/mol. The molecule has 118 valence electrons. The second-order valence-corrected chi connectivity index (χ2v) is 6.65. The van der Waals surface area contributed by atoms with Crippen LogP contribution in [0.15, 0.2) is 16.6 Å². The highest BCUT2D eigenvalue weighted by atomic mass is 79.9. The number of anilines is 1. The van der Waals surface area contributed by atoms with Crippen LogP contribution in [0.1, 0.15) is 39.0 Å². The number of halogens is 3. The third-order valence-electron chi connectivity index (χ3n) is 3.36. The lowest BCUT2D eigenvalue weighted by molar-refractivity contribution is -0.116. The van der Waals surface area contributed by atoms with Crippen molar-refractivity contribution in [2.24, 2.45) is 11.7 Å². The van der Waals surface area contributed by atoms with Crippen LogP contribution in [0.25, 0.3) is 0 Å². The van der Waals surface area contributed by atoms with Crippen molar-refractivity contribution in [3.63, 3.8) is 0 Å². The van der Waals surface area contributed by atoms with E-state index in [1.54, 1.807) is 12.1 Å². The molecule has 0 saturated carbocycles. The zero-order chi connectivity index (χ0) is 15.8. The quantitative estimate of drug-likeness (QED) is 0.591. The number of nitrogens with one attached hydrogen (secondary N) is 1. The topological polar surface area (TPSA) is 55.1 Å². The molecule has 1 atom stereocenters. The van der Waals surface area contributed by atoms with Crippen molar-refractivity contribution in [1.29, 1.82) is 0 Å². The van der Waals surface area contributed by atoms with Gasteiger partial charge in [-0.3, -0.25) is 4.79 Å². The Morgan fingerprint density at radius 2 is 2.00 bits per heavy atom. The first-order chi connectivity index (χ1) is 9.99. The third kappa shape index (κ3) is 6.15. The Hall–Kier alpha value is -0.290. The monoisotopic (exact) mass is 394 g/mol. The Morgan fingerprint density at radius 3 is 2.62 bits per heavy atom. The summed E-state index contributed by atoms with van der Waals surface area (Å²) in [4.78, 5) is 12.0. The van der Waals surface area contributed by atoms with Crippen LogP contribution in [0.3, 0.4) is 0 Å². The molecule has 6 heteroatoms. The van der Waals surface area contributed by atoms with Gasteiger partial charge in [0, 0.05) is 10.9 Å². The van der Waals surface area contributed by atoms with Gasteiger partial charge < -0.3 is 11.1 Å². The smallest absolute Gasteiger partial charge is 0.224 e. The molecule has 1 rings (SSSR count). The second-order valence-electron chi connectivity index (χ2n) is 5.04. The Kier molecular flexibility index (Phi) is 8.64. The summed E-state index contributed by atoms with van der Waals surface area (Å²) in [6, 6.07) is 3.50. The van der Waals surface area contributed by atoms with Gasteiger partial charge in [-0.1, -0.05) is 43.0 Å². The molecule has 0 bridgehead atoms. The molecule has 0 heterocycles. The van der Waals surface area contributed by atoms with Gasteiger partial charge in [0.25, 0.3) is 0 Å². The maximum Gasteiger partial charge on any atom is 0.224 e. The van der Waals surface area contributed by atoms with E-state index in [2.05, 4.69) is 28.2 Å². The Labute approximate surface area is 144 Å². The summed E-state index contributed by atoms with van der Waals surface area (Å²) in [7, 11) is 0. The molecule has 1 aromatic rings. The van der Waals surface area contributed by atoms with Crippen molar-refractivity contribution < 1.29 is 4.79 Å². The van der Waals surface area contributed by atoms with Crippen molar-refractivity contribution in [3.05, 3.63) is 26.7 Å². The second kappa shape index (κ2) is 9.67. The lowest BCUT2D eigenvalue weighted by Crippen LogP contribution is -2.15. The van der Waals surface area contributed by atoms with E-state index in [-0.39, 0.29) is 5.91 Å². The first kappa shape index (κ1) is 18.8. The third-order valence-corrected chi connectivity index (χ3v) is 5.13. The maximum absolute atomic E-state index is 12.0. The van der Waals surface area contributed by atoms with Gasteiger partial charge in [0.05, 0.1) is 15.7 Å². The summed E-state index contributed by atoms with van der Waals surface area (Å²) < 4.78 is 0.707. The van der Waals surface area contributed by atoms with Crippen LogP contribution in [0.4, 0.5) is 5.69 Å². The van der Waals surface area contributed by atoms with Gasteiger partial charge in [-0.2, -0.15) is 0 Å². The van der Waals surface area contributed by atoms with E-state index in [1.165, 1.54) is 0 Å². The Morgan fingerprint density at radius 1 is 1.29 bits per heavy atom. The van der Waals surface area contributed by atoms with E-state index in [1.807, 2.05) is 0 Å². The van der Waals surface area contributed by atoms with E-state index in [0.29, 0.717) is 39.1 Å². The number of hydrogen-bond donors (Lipinski definition) is 2. The van der Waals surface area contributed by atoms with Crippen molar-refractivity contribution in [2.75, 3.05) is 11.9 Å². The molecule has 0 aliphatic heterocycles. The zero-order valence-electron chi connectivity index (χ0n) is 12.1. The maximum atomic E-state index is 12.0. The molecular formula is C15H21BrCl2N2O. The Balaban J connectivity index is 2.56. The largest absolute Gasteiger partial charge is 0.330 e. The van der Waals surface area contributed by atoms with Crippen LogP contribution < -0.4 is 11.1 Å². The minimum Gasteiger partial charge on any atom is -0.330 e. The highest BCUT2D eigenvalue weighted by Crippen LogP contribution is 2.35. The number of hydrogen-bond acceptors (Lipinski definition) is 2. The average Bonchev–Trinajstić information content (AvgIpc) is 2.46. The summed E-state index contributed by atoms with van der Waals surface area (Å²) in [6.07, 6.45) is 4.50. The number of carbonyl (C=O) groups is 1. The Bertz CT molecular complexity index is 477. The molecule has 1 aromatic carbocycles. The van der Waals surface area contributed by atoms with Crippen molar-refractivity contribution in [3.8, 4) is 0 Å². The fourth-order valence-electron chi connectivity index (χ4n) is 2.25. The first-order valence-electron chi connectivity index (χ1n) is 7.13. The van der Waals surface area contributed by atoms with Gasteiger partial charge >= 0.3 is 0 Å². The lowest BCUT2D eigenvalue weighted by atomic mass is 9.94. The number of rotatable bonds is 8. The molecule has 0 aliphatic rings. The minimum atomic E-state index is -0.0478. The van der Waals surface area contributed by atoms with Gasteiger partial charge in [-0.15, -0.1) is 0 Å². The van der Waals surface area contributed by atoms with Crippen LogP contribution in [0, 0.1) is 5.92 Å². The van der Waals surface area contributed by atoms with Crippen molar-refractivity contribution in [2.45, 2.75) is 39.0 Å².